The van der Waals surface area contributed by atoms with Gasteiger partial charge in [-0.2, -0.15) is 5.10 Å². The van der Waals surface area contributed by atoms with E-state index in [1.807, 2.05) is 18.2 Å². The Kier molecular flexibility index (Phi) is 3.10. The number of halogens is 1. The summed E-state index contributed by atoms with van der Waals surface area (Å²) < 4.78 is 5.95. The van der Waals surface area contributed by atoms with Crippen molar-refractivity contribution >= 4 is 22.1 Å². The van der Waals surface area contributed by atoms with E-state index in [9.17, 15) is 0 Å². The van der Waals surface area contributed by atoms with Crippen molar-refractivity contribution in [2.24, 2.45) is 10.9 Å². The SMILES string of the molecule is COc1ccc(C=NN)cc1Br. The van der Waals surface area contributed by atoms with Crippen LogP contribution < -0.4 is 10.6 Å². The number of methoxy groups -OCH3 is 1. The number of ether oxygens (including phenoxy) is 1. The van der Waals surface area contributed by atoms with Crippen LogP contribution in [0.3, 0.4) is 0 Å². The molecule has 1 rings (SSSR count). The van der Waals surface area contributed by atoms with Gasteiger partial charge in [0.1, 0.15) is 5.75 Å². The molecule has 0 radical (unpaired) electrons. The summed E-state index contributed by atoms with van der Waals surface area (Å²) in [7, 11) is 1.62. The topological polar surface area (TPSA) is 47.6 Å². The molecule has 0 amide bonds. The fraction of sp³-hybridized carbons (Fsp3) is 0.125. The molecule has 0 unspecified atom stereocenters. The second kappa shape index (κ2) is 4.11. The van der Waals surface area contributed by atoms with Crippen molar-refractivity contribution in [3.05, 3.63) is 28.2 Å². The predicted molar refractivity (Wildman–Crippen MR) is 52.5 cm³/mol. The van der Waals surface area contributed by atoms with E-state index in [0.29, 0.717) is 0 Å². The molecule has 0 bridgehead atoms. The Hall–Kier alpha value is -1.03. The highest BCUT2D eigenvalue weighted by atomic mass is 79.9. The Morgan fingerprint density at radius 2 is 2.33 bits per heavy atom. The van der Waals surface area contributed by atoms with Crippen LogP contribution in [0.25, 0.3) is 0 Å². The summed E-state index contributed by atoms with van der Waals surface area (Å²) >= 11 is 3.35. The van der Waals surface area contributed by atoms with Crippen LogP contribution in [-0.4, -0.2) is 13.3 Å². The van der Waals surface area contributed by atoms with Crippen LogP contribution in [0, 0.1) is 0 Å². The maximum Gasteiger partial charge on any atom is 0.133 e. The Balaban J connectivity index is 3.01. The van der Waals surface area contributed by atoms with Gasteiger partial charge in [-0.05, 0) is 39.7 Å². The Morgan fingerprint density at radius 3 is 2.83 bits per heavy atom. The van der Waals surface area contributed by atoms with Gasteiger partial charge in [0, 0.05) is 0 Å². The average molecular weight is 229 g/mol. The fourth-order valence-corrected chi connectivity index (χ4v) is 1.41. The number of hydrogen-bond acceptors (Lipinski definition) is 3. The van der Waals surface area contributed by atoms with Crippen molar-refractivity contribution < 1.29 is 4.74 Å². The molecule has 0 saturated heterocycles. The molecule has 0 saturated carbocycles. The van der Waals surface area contributed by atoms with Gasteiger partial charge in [0.05, 0.1) is 17.8 Å². The molecule has 3 nitrogen and oxygen atoms in total. The molecule has 1 aromatic rings. The standard InChI is InChI=1S/C8H9BrN2O/c1-12-8-3-2-6(5-11-10)4-7(8)9/h2-5H,10H2,1H3. The van der Waals surface area contributed by atoms with Crippen LogP contribution in [-0.2, 0) is 0 Å². The molecule has 2 N–H and O–H groups in total. The van der Waals surface area contributed by atoms with Crippen LogP contribution >= 0.6 is 15.9 Å². The summed E-state index contributed by atoms with van der Waals surface area (Å²) in [4.78, 5) is 0. The molecule has 4 heteroatoms. The molecule has 0 fully saturated rings. The summed E-state index contributed by atoms with van der Waals surface area (Å²) in [6, 6.07) is 5.61. The Morgan fingerprint density at radius 1 is 1.58 bits per heavy atom. The van der Waals surface area contributed by atoms with E-state index in [4.69, 9.17) is 10.6 Å². The van der Waals surface area contributed by atoms with Crippen LogP contribution in [0.4, 0.5) is 0 Å². The normalized spacial score (nSPS) is 10.5. The monoisotopic (exact) mass is 228 g/mol. The summed E-state index contributed by atoms with van der Waals surface area (Å²) in [6.07, 6.45) is 1.57. The molecule has 0 heterocycles. The number of rotatable bonds is 2. The first-order chi connectivity index (χ1) is 5.77. The average Bonchev–Trinajstić information content (AvgIpc) is 2.05. The van der Waals surface area contributed by atoms with Crippen molar-refractivity contribution in [3.8, 4) is 5.75 Å². The van der Waals surface area contributed by atoms with Gasteiger partial charge in [0.2, 0.25) is 0 Å². The van der Waals surface area contributed by atoms with Crippen LogP contribution in [0.15, 0.2) is 27.8 Å². The third kappa shape index (κ3) is 1.98. The predicted octanol–water partition coefficient (Wildman–Crippen LogP) is 1.75. The maximum atomic E-state index is 5.06. The van der Waals surface area contributed by atoms with E-state index in [1.165, 1.54) is 0 Å². The lowest BCUT2D eigenvalue weighted by molar-refractivity contribution is 0.412. The van der Waals surface area contributed by atoms with Gasteiger partial charge in [0.25, 0.3) is 0 Å². The number of nitrogens with zero attached hydrogens (tertiary/aromatic N) is 1. The second-order valence-electron chi connectivity index (χ2n) is 2.17. The second-order valence-corrected chi connectivity index (χ2v) is 3.03. The smallest absolute Gasteiger partial charge is 0.133 e. The quantitative estimate of drug-likeness (QED) is 0.477. The number of nitrogens with two attached hydrogens (primary N) is 1. The largest absolute Gasteiger partial charge is 0.496 e. The van der Waals surface area contributed by atoms with E-state index in [0.717, 1.165) is 15.8 Å². The molecule has 1 aromatic carbocycles. The maximum absolute atomic E-state index is 5.06. The molecule has 12 heavy (non-hydrogen) atoms. The lowest BCUT2D eigenvalue weighted by Crippen LogP contribution is -1.88. The van der Waals surface area contributed by atoms with Gasteiger partial charge in [-0.3, -0.25) is 0 Å². The van der Waals surface area contributed by atoms with Crippen molar-refractivity contribution in [1.82, 2.24) is 0 Å². The molecule has 0 aliphatic carbocycles. The molecular formula is C8H9BrN2O. The highest BCUT2D eigenvalue weighted by molar-refractivity contribution is 9.10. The van der Waals surface area contributed by atoms with Crippen molar-refractivity contribution in [2.75, 3.05) is 7.11 Å². The summed E-state index contributed by atoms with van der Waals surface area (Å²) in [5.74, 6) is 5.80. The van der Waals surface area contributed by atoms with Gasteiger partial charge in [0.15, 0.2) is 0 Å². The number of benzene rings is 1. The van der Waals surface area contributed by atoms with Gasteiger partial charge in [-0.25, -0.2) is 0 Å². The first-order valence-electron chi connectivity index (χ1n) is 3.34. The van der Waals surface area contributed by atoms with E-state index < -0.39 is 0 Å². The lowest BCUT2D eigenvalue weighted by Gasteiger charge is -2.02. The minimum absolute atomic E-state index is 0.796. The van der Waals surface area contributed by atoms with Gasteiger partial charge < -0.3 is 10.6 Å². The zero-order valence-electron chi connectivity index (χ0n) is 6.62. The van der Waals surface area contributed by atoms with Crippen LogP contribution in [0.5, 0.6) is 5.75 Å². The molecule has 0 aromatic heterocycles. The summed E-state index contributed by atoms with van der Waals surface area (Å²) in [5.41, 5.74) is 0.935. The highest BCUT2D eigenvalue weighted by Gasteiger charge is 1.98. The molecule has 64 valence electrons. The first kappa shape index (κ1) is 9.06. The first-order valence-corrected chi connectivity index (χ1v) is 4.14. The highest BCUT2D eigenvalue weighted by Crippen LogP contribution is 2.24. The van der Waals surface area contributed by atoms with Gasteiger partial charge in [-0.1, -0.05) is 0 Å². The summed E-state index contributed by atoms with van der Waals surface area (Å²) in [5, 5.41) is 3.42. The minimum Gasteiger partial charge on any atom is -0.496 e. The van der Waals surface area contributed by atoms with E-state index in [-0.39, 0.29) is 0 Å². The van der Waals surface area contributed by atoms with E-state index in [1.54, 1.807) is 13.3 Å². The zero-order chi connectivity index (χ0) is 8.97. The fourth-order valence-electron chi connectivity index (χ4n) is 0.849. The number of hydrazone groups is 1. The third-order valence-corrected chi connectivity index (χ3v) is 2.02. The summed E-state index contributed by atoms with van der Waals surface area (Å²) in [6.45, 7) is 0. The Bertz CT molecular complexity index is 299. The van der Waals surface area contributed by atoms with E-state index in [2.05, 4.69) is 21.0 Å². The third-order valence-electron chi connectivity index (χ3n) is 1.40. The van der Waals surface area contributed by atoms with E-state index >= 15 is 0 Å². The van der Waals surface area contributed by atoms with Crippen LogP contribution in [0.1, 0.15) is 5.56 Å². The molecule has 0 spiro atoms. The van der Waals surface area contributed by atoms with Crippen LogP contribution in [0.2, 0.25) is 0 Å². The molecule has 0 atom stereocenters. The minimum atomic E-state index is 0.796. The van der Waals surface area contributed by atoms with Crippen molar-refractivity contribution in [1.29, 1.82) is 0 Å². The lowest BCUT2D eigenvalue weighted by atomic mass is 10.2. The van der Waals surface area contributed by atoms with Crippen molar-refractivity contribution in [2.45, 2.75) is 0 Å². The molecule has 0 aliphatic heterocycles. The molecular weight excluding hydrogens is 220 g/mol. The van der Waals surface area contributed by atoms with Gasteiger partial charge >= 0.3 is 0 Å². The zero-order valence-corrected chi connectivity index (χ0v) is 8.21. The van der Waals surface area contributed by atoms with Gasteiger partial charge in [-0.15, -0.1) is 0 Å². The van der Waals surface area contributed by atoms with Crippen molar-refractivity contribution in [3.63, 3.8) is 0 Å². The number of hydrogen-bond donors (Lipinski definition) is 1. The Labute approximate surface area is 79.3 Å². The molecule has 0 aliphatic rings.